The third-order valence-corrected chi connectivity index (χ3v) is 1.35. The van der Waals surface area contributed by atoms with E-state index in [0.29, 0.717) is 11.5 Å². The molecule has 0 atom stereocenters. The van der Waals surface area contributed by atoms with Crippen LogP contribution in [0.4, 0.5) is 4.39 Å². The Morgan fingerprint density at radius 1 is 1.08 bits per heavy atom. The molecule has 3 heteroatoms. The van der Waals surface area contributed by atoms with Gasteiger partial charge in [-0.3, -0.25) is 0 Å². The molecule has 0 saturated carbocycles. The van der Waals surface area contributed by atoms with Gasteiger partial charge in [-0.2, -0.15) is 0 Å². The van der Waals surface area contributed by atoms with Crippen molar-refractivity contribution in [1.29, 1.82) is 0 Å². The lowest BCUT2D eigenvalue weighted by Gasteiger charge is -2.05. The zero-order valence-electron chi connectivity index (χ0n) is 6.43. The molecule has 2 nitrogen and oxygen atoms in total. The third-order valence-electron chi connectivity index (χ3n) is 1.35. The van der Waals surface area contributed by atoms with Gasteiger partial charge in [0.2, 0.25) is 0 Å². The van der Waals surface area contributed by atoms with Crippen LogP contribution in [0.3, 0.4) is 0 Å². The molecule has 12 heavy (non-hydrogen) atoms. The summed E-state index contributed by atoms with van der Waals surface area (Å²) >= 11 is 0. The van der Waals surface area contributed by atoms with E-state index in [1.54, 1.807) is 0 Å². The van der Waals surface area contributed by atoms with Gasteiger partial charge in [0, 0.05) is 6.07 Å². The highest BCUT2D eigenvalue weighted by Crippen LogP contribution is 2.26. The number of halogens is 1. The number of benzene rings is 1. The van der Waals surface area contributed by atoms with Crippen LogP contribution >= 0.6 is 0 Å². The van der Waals surface area contributed by atoms with Gasteiger partial charge in [-0.15, -0.1) is 0 Å². The number of ether oxygens (including phenoxy) is 2. The number of hydrogen-bond acceptors (Lipinski definition) is 2. The van der Waals surface area contributed by atoms with Crippen LogP contribution in [0.1, 0.15) is 7.43 Å². The number of rotatable bonds is 2. The quantitative estimate of drug-likeness (QED) is 0.682. The van der Waals surface area contributed by atoms with E-state index in [1.165, 1.54) is 32.4 Å². The maximum atomic E-state index is 12.5. The predicted octanol–water partition coefficient (Wildman–Crippen LogP) is 2.48. The van der Waals surface area contributed by atoms with Crippen LogP contribution in [-0.4, -0.2) is 14.2 Å². The normalized spacial score (nSPS) is 8.58. The third kappa shape index (κ3) is 2.12. The maximum absolute atomic E-state index is 12.5. The van der Waals surface area contributed by atoms with Gasteiger partial charge in [0.15, 0.2) is 11.5 Å². The van der Waals surface area contributed by atoms with E-state index in [-0.39, 0.29) is 13.2 Å². The average molecular weight is 172 g/mol. The molecule has 0 saturated heterocycles. The molecule has 1 aromatic carbocycles. The lowest BCUT2D eigenvalue weighted by Crippen LogP contribution is -1.90. The van der Waals surface area contributed by atoms with Crippen molar-refractivity contribution >= 4 is 0 Å². The van der Waals surface area contributed by atoms with Crippen LogP contribution in [0, 0.1) is 5.82 Å². The molecule has 0 bridgehead atoms. The van der Waals surface area contributed by atoms with Crippen LogP contribution in [0.2, 0.25) is 0 Å². The van der Waals surface area contributed by atoms with Crippen molar-refractivity contribution in [2.24, 2.45) is 0 Å². The molecular formula is C9H13FO2. The smallest absolute Gasteiger partial charge is 0.163 e. The van der Waals surface area contributed by atoms with Gasteiger partial charge in [-0.1, -0.05) is 7.43 Å². The lowest BCUT2D eigenvalue weighted by molar-refractivity contribution is 0.352. The Bertz CT molecular complexity index is 248. The first-order chi connectivity index (χ1) is 5.27. The molecule has 0 aliphatic carbocycles. The molecule has 1 aromatic rings. The van der Waals surface area contributed by atoms with Gasteiger partial charge in [0.25, 0.3) is 0 Å². The Morgan fingerprint density at radius 3 is 2.17 bits per heavy atom. The maximum Gasteiger partial charge on any atom is 0.163 e. The van der Waals surface area contributed by atoms with Gasteiger partial charge in [-0.05, 0) is 12.1 Å². The zero-order valence-corrected chi connectivity index (χ0v) is 6.43. The first kappa shape index (κ1) is 10.8. The summed E-state index contributed by atoms with van der Waals surface area (Å²) in [5, 5.41) is 0. The number of hydrogen-bond donors (Lipinski definition) is 0. The minimum absolute atomic E-state index is 0. The molecule has 0 radical (unpaired) electrons. The molecule has 0 spiro atoms. The molecule has 0 aliphatic heterocycles. The van der Waals surface area contributed by atoms with E-state index >= 15 is 0 Å². The molecule has 0 unspecified atom stereocenters. The first-order valence-corrected chi connectivity index (χ1v) is 3.15. The van der Waals surface area contributed by atoms with Crippen molar-refractivity contribution in [3.8, 4) is 11.5 Å². The SMILES string of the molecule is C.COc1ccc(F)cc1OC. The molecule has 0 N–H and O–H groups in total. The molecule has 0 fully saturated rings. The van der Waals surface area contributed by atoms with E-state index < -0.39 is 0 Å². The second-order valence-corrected chi connectivity index (χ2v) is 2.00. The second-order valence-electron chi connectivity index (χ2n) is 2.00. The fourth-order valence-corrected chi connectivity index (χ4v) is 0.810. The van der Waals surface area contributed by atoms with Crippen molar-refractivity contribution < 1.29 is 13.9 Å². The second kappa shape index (κ2) is 4.59. The van der Waals surface area contributed by atoms with Crippen molar-refractivity contribution in [1.82, 2.24) is 0 Å². The summed E-state index contributed by atoms with van der Waals surface area (Å²) in [5.74, 6) is 0.615. The van der Waals surface area contributed by atoms with Crippen molar-refractivity contribution in [2.75, 3.05) is 14.2 Å². The Labute approximate surface area is 71.9 Å². The van der Waals surface area contributed by atoms with Crippen LogP contribution < -0.4 is 9.47 Å². The molecule has 0 heterocycles. The van der Waals surface area contributed by atoms with Crippen LogP contribution in [0.5, 0.6) is 11.5 Å². The number of methoxy groups -OCH3 is 2. The summed E-state index contributed by atoms with van der Waals surface area (Å²) < 4.78 is 22.3. The van der Waals surface area contributed by atoms with Gasteiger partial charge in [-0.25, -0.2) is 4.39 Å². The molecule has 0 aromatic heterocycles. The monoisotopic (exact) mass is 172 g/mol. The summed E-state index contributed by atoms with van der Waals surface area (Å²) in [6, 6.07) is 4.12. The largest absolute Gasteiger partial charge is 0.493 e. The van der Waals surface area contributed by atoms with E-state index in [2.05, 4.69) is 0 Å². The van der Waals surface area contributed by atoms with E-state index in [4.69, 9.17) is 9.47 Å². The summed E-state index contributed by atoms with van der Waals surface area (Å²) in [6.07, 6.45) is 0. The summed E-state index contributed by atoms with van der Waals surface area (Å²) in [4.78, 5) is 0. The Morgan fingerprint density at radius 2 is 1.67 bits per heavy atom. The highest BCUT2D eigenvalue weighted by atomic mass is 19.1. The van der Waals surface area contributed by atoms with Crippen LogP contribution in [0.15, 0.2) is 18.2 Å². The summed E-state index contributed by atoms with van der Waals surface area (Å²) in [6.45, 7) is 0. The van der Waals surface area contributed by atoms with Crippen LogP contribution in [0.25, 0.3) is 0 Å². The molecular weight excluding hydrogens is 159 g/mol. The Balaban J connectivity index is 0.00000121. The minimum atomic E-state index is -0.331. The molecule has 1 rings (SSSR count). The van der Waals surface area contributed by atoms with Crippen molar-refractivity contribution in [2.45, 2.75) is 7.43 Å². The Kier molecular flexibility index (Phi) is 4.11. The van der Waals surface area contributed by atoms with Crippen molar-refractivity contribution in [3.63, 3.8) is 0 Å². The molecule has 0 amide bonds. The molecule has 0 aliphatic rings. The predicted molar refractivity (Wildman–Crippen MR) is 46.2 cm³/mol. The van der Waals surface area contributed by atoms with E-state index in [9.17, 15) is 4.39 Å². The van der Waals surface area contributed by atoms with Crippen LogP contribution in [-0.2, 0) is 0 Å². The molecule has 68 valence electrons. The first-order valence-electron chi connectivity index (χ1n) is 3.15. The van der Waals surface area contributed by atoms with Crippen molar-refractivity contribution in [3.05, 3.63) is 24.0 Å². The van der Waals surface area contributed by atoms with Gasteiger partial charge in [0.1, 0.15) is 5.82 Å². The highest BCUT2D eigenvalue weighted by Gasteiger charge is 2.02. The fourth-order valence-electron chi connectivity index (χ4n) is 0.810. The fraction of sp³-hybridized carbons (Fsp3) is 0.333. The van der Waals surface area contributed by atoms with E-state index in [1.807, 2.05) is 0 Å². The lowest BCUT2D eigenvalue weighted by atomic mass is 10.3. The summed E-state index contributed by atoms with van der Waals surface area (Å²) in [7, 11) is 2.98. The summed E-state index contributed by atoms with van der Waals surface area (Å²) in [5.41, 5.74) is 0. The topological polar surface area (TPSA) is 18.5 Å². The highest BCUT2D eigenvalue weighted by molar-refractivity contribution is 5.39. The van der Waals surface area contributed by atoms with E-state index in [0.717, 1.165) is 0 Å². The van der Waals surface area contributed by atoms with Gasteiger partial charge in [0.05, 0.1) is 14.2 Å². The average Bonchev–Trinajstić information content (AvgIpc) is 2.04. The standard InChI is InChI=1S/C8H9FO2.CH4/c1-10-7-4-3-6(9)5-8(7)11-2;/h3-5H,1-2H3;1H4. The minimum Gasteiger partial charge on any atom is -0.493 e. The van der Waals surface area contributed by atoms with Gasteiger partial charge >= 0.3 is 0 Å². The van der Waals surface area contributed by atoms with Gasteiger partial charge < -0.3 is 9.47 Å². The zero-order chi connectivity index (χ0) is 8.27. The Hall–Kier alpha value is -1.25.